The molecule has 0 aliphatic heterocycles. The Labute approximate surface area is 190 Å². The van der Waals surface area contributed by atoms with Crippen molar-refractivity contribution in [3.05, 3.63) is 98.7 Å². The Morgan fingerprint density at radius 2 is 1.91 bits per heavy atom. The minimum atomic E-state index is -0.209. The van der Waals surface area contributed by atoms with Gasteiger partial charge in [-0.05, 0) is 60.9 Å². The molecule has 0 spiro atoms. The molecule has 4 aromatic rings. The van der Waals surface area contributed by atoms with E-state index < -0.39 is 0 Å². The number of fused-ring (bicyclic) bond motifs is 3. The van der Waals surface area contributed by atoms with E-state index in [4.69, 9.17) is 0 Å². The zero-order valence-electron chi connectivity index (χ0n) is 17.9. The van der Waals surface area contributed by atoms with Gasteiger partial charge in [-0.25, -0.2) is 9.37 Å². The van der Waals surface area contributed by atoms with Gasteiger partial charge in [-0.3, -0.25) is 9.36 Å². The zero-order chi connectivity index (χ0) is 21.9. The molecule has 164 valence electrons. The lowest BCUT2D eigenvalue weighted by molar-refractivity contribution is 0.462. The van der Waals surface area contributed by atoms with Crippen LogP contribution in [-0.4, -0.2) is 15.6 Å². The van der Waals surface area contributed by atoms with Crippen molar-refractivity contribution >= 4 is 21.6 Å². The molecular weight excluding hydrogens is 421 g/mol. The number of rotatable bonds is 7. The molecule has 2 aromatic heterocycles. The van der Waals surface area contributed by atoms with Crippen LogP contribution in [0.15, 0.2) is 65.7 Å². The van der Waals surface area contributed by atoms with Gasteiger partial charge in [0.2, 0.25) is 0 Å². The number of halogens is 1. The number of benzene rings is 2. The van der Waals surface area contributed by atoms with Crippen LogP contribution in [0.2, 0.25) is 0 Å². The van der Waals surface area contributed by atoms with E-state index in [0.29, 0.717) is 12.6 Å². The molecule has 0 radical (unpaired) electrons. The molecule has 6 heteroatoms. The van der Waals surface area contributed by atoms with Crippen molar-refractivity contribution in [2.24, 2.45) is 0 Å². The summed E-state index contributed by atoms with van der Waals surface area (Å²) in [6, 6.07) is 17.4. The van der Waals surface area contributed by atoms with Crippen LogP contribution in [0.5, 0.6) is 0 Å². The maximum absolute atomic E-state index is 13.2. The van der Waals surface area contributed by atoms with Gasteiger partial charge in [-0.15, -0.1) is 11.3 Å². The van der Waals surface area contributed by atoms with E-state index in [1.54, 1.807) is 22.2 Å². The summed E-state index contributed by atoms with van der Waals surface area (Å²) >= 11 is 1.66. The third-order valence-corrected chi connectivity index (χ3v) is 7.41. The molecule has 2 aromatic carbocycles. The van der Waals surface area contributed by atoms with Crippen LogP contribution in [0, 0.1) is 5.82 Å². The Kier molecular flexibility index (Phi) is 6.14. The van der Waals surface area contributed by atoms with Crippen LogP contribution in [0.4, 0.5) is 4.39 Å². The zero-order valence-corrected chi connectivity index (χ0v) is 18.7. The maximum atomic E-state index is 13.2. The number of nitrogens with zero attached hydrogens (tertiary/aromatic N) is 2. The van der Waals surface area contributed by atoms with Crippen LogP contribution < -0.4 is 10.9 Å². The Morgan fingerprint density at radius 1 is 1.09 bits per heavy atom. The van der Waals surface area contributed by atoms with Gasteiger partial charge in [0.05, 0.1) is 11.7 Å². The quantitative estimate of drug-likeness (QED) is 0.439. The molecule has 5 rings (SSSR count). The first-order valence-electron chi connectivity index (χ1n) is 11.2. The summed E-state index contributed by atoms with van der Waals surface area (Å²) in [5.74, 6) is -0.209. The molecule has 0 fully saturated rings. The molecule has 4 nitrogen and oxygen atoms in total. The Hall–Kier alpha value is -2.83. The number of hydrogen-bond donors (Lipinski definition) is 1. The van der Waals surface area contributed by atoms with Gasteiger partial charge in [0.1, 0.15) is 10.6 Å². The summed E-state index contributed by atoms with van der Waals surface area (Å²) in [5.41, 5.74) is 3.66. The summed E-state index contributed by atoms with van der Waals surface area (Å²) < 4.78 is 14.9. The lowest BCUT2D eigenvalue weighted by Crippen LogP contribution is -2.33. The second-order valence-electron chi connectivity index (χ2n) is 8.46. The van der Waals surface area contributed by atoms with Crippen molar-refractivity contribution in [2.75, 3.05) is 0 Å². The van der Waals surface area contributed by atoms with E-state index in [1.807, 2.05) is 18.2 Å². The highest BCUT2D eigenvalue weighted by Crippen LogP contribution is 2.33. The number of aryl methyl sites for hydroxylation is 3. The number of hydrogen-bond acceptors (Lipinski definition) is 4. The smallest absolute Gasteiger partial charge is 0.262 e. The molecule has 0 amide bonds. The van der Waals surface area contributed by atoms with E-state index in [-0.39, 0.29) is 11.4 Å². The summed E-state index contributed by atoms with van der Waals surface area (Å²) in [6.45, 7) is 1.40. The third-order valence-electron chi connectivity index (χ3n) is 6.25. The van der Waals surface area contributed by atoms with Gasteiger partial charge >= 0.3 is 0 Å². The van der Waals surface area contributed by atoms with Crippen molar-refractivity contribution in [1.82, 2.24) is 14.9 Å². The molecule has 0 saturated carbocycles. The third kappa shape index (κ3) is 4.52. The topological polar surface area (TPSA) is 46.9 Å². The van der Waals surface area contributed by atoms with Gasteiger partial charge in [0.15, 0.2) is 0 Å². The minimum Gasteiger partial charge on any atom is -0.310 e. The molecule has 1 N–H and O–H groups in total. The van der Waals surface area contributed by atoms with Crippen LogP contribution in [-0.2, 0) is 32.4 Å². The predicted molar refractivity (Wildman–Crippen MR) is 128 cm³/mol. The molecule has 1 aliphatic rings. The molecule has 2 heterocycles. The van der Waals surface area contributed by atoms with E-state index in [1.165, 1.54) is 28.1 Å². The average Bonchev–Trinajstić information content (AvgIpc) is 3.19. The van der Waals surface area contributed by atoms with Crippen molar-refractivity contribution in [3.8, 4) is 0 Å². The van der Waals surface area contributed by atoms with E-state index in [0.717, 1.165) is 54.4 Å². The Morgan fingerprint density at radius 3 is 2.72 bits per heavy atom. The van der Waals surface area contributed by atoms with Crippen LogP contribution in [0.3, 0.4) is 0 Å². The largest absolute Gasteiger partial charge is 0.310 e. The van der Waals surface area contributed by atoms with Gasteiger partial charge in [-0.2, -0.15) is 0 Å². The Bertz CT molecular complexity index is 1260. The highest BCUT2D eigenvalue weighted by atomic mass is 32.1. The first-order chi connectivity index (χ1) is 15.7. The van der Waals surface area contributed by atoms with Crippen LogP contribution in [0.1, 0.15) is 34.4 Å². The molecule has 0 saturated heterocycles. The van der Waals surface area contributed by atoms with Gasteiger partial charge in [0.25, 0.3) is 5.56 Å². The number of nitrogens with one attached hydrogen (secondary N) is 1. The summed E-state index contributed by atoms with van der Waals surface area (Å²) in [6.07, 6.45) is 6.36. The highest BCUT2D eigenvalue weighted by Gasteiger charge is 2.25. The first-order valence-corrected chi connectivity index (χ1v) is 12.0. The SMILES string of the molecule is O=c1c2c3c(sc2ncn1CCCc1ccccc1)CC(NCc1ccc(F)cc1)CC3. The van der Waals surface area contributed by atoms with E-state index in [9.17, 15) is 9.18 Å². The maximum Gasteiger partial charge on any atom is 0.262 e. The standard InChI is InChI=1S/C26H26FN3OS/c27-20-10-8-19(9-11-20)16-28-21-12-13-22-23(15-21)32-25-24(22)26(31)30(17-29-25)14-4-7-18-5-2-1-3-6-18/h1-3,5-6,8-11,17,21,28H,4,7,12-16H2. The fraction of sp³-hybridized carbons (Fsp3) is 0.308. The lowest BCUT2D eigenvalue weighted by atomic mass is 9.93. The average molecular weight is 448 g/mol. The van der Waals surface area contributed by atoms with Crippen molar-refractivity contribution in [3.63, 3.8) is 0 Å². The van der Waals surface area contributed by atoms with Gasteiger partial charge < -0.3 is 5.32 Å². The highest BCUT2D eigenvalue weighted by molar-refractivity contribution is 7.18. The minimum absolute atomic E-state index is 0.0956. The number of aromatic nitrogens is 2. The second kappa shape index (κ2) is 9.35. The summed E-state index contributed by atoms with van der Waals surface area (Å²) in [4.78, 5) is 20.0. The number of thiophene rings is 1. The monoisotopic (exact) mass is 447 g/mol. The van der Waals surface area contributed by atoms with Crippen LogP contribution >= 0.6 is 11.3 Å². The Balaban J connectivity index is 1.27. The molecular formula is C26H26FN3OS. The molecule has 1 unspecified atom stereocenters. The molecule has 32 heavy (non-hydrogen) atoms. The van der Waals surface area contributed by atoms with E-state index >= 15 is 0 Å². The molecule has 1 aliphatic carbocycles. The first kappa shape index (κ1) is 21.0. The fourth-order valence-electron chi connectivity index (χ4n) is 4.50. The van der Waals surface area contributed by atoms with Crippen molar-refractivity contribution in [1.29, 1.82) is 0 Å². The second-order valence-corrected chi connectivity index (χ2v) is 9.55. The van der Waals surface area contributed by atoms with E-state index in [2.05, 4.69) is 34.6 Å². The van der Waals surface area contributed by atoms with Gasteiger partial charge in [0, 0.05) is 24.0 Å². The summed E-state index contributed by atoms with van der Waals surface area (Å²) in [5, 5.41) is 4.42. The van der Waals surface area contributed by atoms with Crippen molar-refractivity contribution in [2.45, 2.75) is 51.2 Å². The fourth-order valence-corrected chi connectivity index (χ4v) is 5.75. The van der Waals surface area contributed by atoms with Gasteiger partial charge in [-0.1, -0.05) is 42.5 Å². The molecule has 0 bridgehead atoms. The summed E-state index contributed by atoms with van der Waals surface area (Å²) in [7, 11) is 0. The lowest BCUT2D eigenvalue weighted by Gasteiger charge is -2.23. The van der Waals surface area contributed by atoms with Crippen LogP contribution in [0.25, 0.3) is 10.2 Å². The normalized spacial score (nSPS) is 15.7. The van der Waals surface area contributed by atoms with Crippen molar-refractivity contribution < 1.29 is 4.39 Å². The molecule has 1 atom stereocenters. The predicted octanol–water partition coefficient (Wildman–Crippen LogP) is 4.88.